The molecule has 0 amide bonds. The van der Waals surface area contributed by atoms with Gasteiger partial charge in [0.2, 0.25) is 5.88 Å². The summed E-state index contributed by atoms with van der Waals surface area (Å²) in [6.07, 6.45) is -4.72. The Bertz CT molecular complexity index is 2460. The van der Waals surface area contributed by atoms with E-state index < -0.39 is 23.4 Å². The van der Waals surface area contributed by atoms with Crippen LogP contribution in [0.3, 0.4) is 0 Å². The molecule has 0 unspecified atom stereocenters. The van der Waals surface area contributed by atoms with Gasteiger partial charge in [0.25, 0.3) is 0 Å². The number of alkyl halides is 3. The molecule has 0 saturated heterocycles. The van der Waals surface area contributed by atoms with Crippen LogP contribution in [0, 0.1) is 12.7 Å². The summed E-state index contributed by atoms with van der Waals surface area (Å²) in [6, 6.07) is 24.4. The maximum atomic E-state index is 14.7. The van der Waals surface area contributed by atoms with Crippen LogP contribution in [0.25, 0.3) is 44.5 Å². The summed E-state index contributed by atoms with van der Waals surface area (Å²) < 4.78 is 60.6. The molecule has 0 radical (unpaired) electrons. The maximum Gasteiger partial charge on any atom is 0.416 e. The predicted octanol–water partition coefficient (Wildman–Crippen LogP) is 9.82. The highest BCUT2D eigenvalue weighted by atomic mass is 35.5. The molecular weight excluding hydrogens is 777 g/mol. The van der Waals surface area contributed by atoms with E-state index in [1.54, 1.807) is 55.5 Å². The standard InChI is InChI=1S/C21H16F4N2O2.C19H15Cl2N3O3/c1-11-2-7-18(22)16(8-11)19-15(12-3-5-14(28)6-4-12)9-13(21(23,24)25)10-17(19)20(26)27-29;1-27-19-13(6-7-16(21)23-19)17-14(10-2-4-12(25)5-3-10)8-11(20)9-15(17)18(22)24-26/h2-10,28-29H,1H3,(H2,26,27);2-9,25-26H,1H3,(H2,22,24). The van der Waals surface area contributed by atoms with Crippen LogP contribution in [0.15, 0.2) is 113 Å². The van der Waals surface area contributed by atoms with Gasteiger partial charge in [-0.15, -0.1) is 0 Å². The fourth-order valence-corrected chi connectivity index (χ4v) is 6.19. The smallest absolute Gasteiger partial charge is 0.416 e. The minimum atomic E-state index is -4.72. The number of aryl methyl sites for hydroxylation is 1. The summed E-state index contributed by atoms with van der Waals surface area (Å²) >= 11 is 12.3. The van der Waals surface area contributed by atoms with Gasteiger partial charge < -0.3 is 36.8 Å². The van der Waals surface area contributed by atoms with Crippen LogP contribution in [0.4, 0.5) is 17.6 Å². The minimum absolute atomic E-state index is 0.00315. The number of halogens is 6. The number of phenols is 2. The Morgan fingerprint density at radius 1 is 0.679 bits per heavy atom. The first-order chi connectivity index (χ1) is 26.6. The number of aromatic nitrogens is 1. The highest BCUT2D eigenvalue weighted by Gasteiger charge is 2.33. The van der Waals surface area contributed by atoms with Gasteiger partial charge in [0.1, 0.15) is 22.5 Å². The molecule has 10 nitrogen and oxygen atoms in total. The minimum Gasteiger partial charge on any atom is -0.508 e. The Morgan fingerprint density at radius 3 is 1.71 bits per heavy atom. The lowest BCUT2D eigenvalue weighted by atomic mass is 9.87. The van der Waals surface area contributed by atoms with Crippen LogP contribution in [0.2, 0.25) is 10.2 Å². The summed E-state index contributed by atoms with van der Waals surface area (Å²) in [6.45, 7) is 1.70. The zero-order chi connectivity index (χ0) is 40.9. The van der Waals surface area contributed by atoms with Crippen molar-refractivity contribution in [3.05, 3.63) is 141 Å². The second-order valence-corrected chi connectivity index (χ2v) is 12.9. The number of phenolic OH excluding ortho intramolecular Hbond substituents is 2. The fourth-order valence-electron chi connectivity index (χ4n) is 5.84. The molecule has 6 rings (SSSR count). The average molecular weight is 809 g/mol. The first kappa shape index (κ1) is 40.7. The Morgan fingerprint density at radius 2 is 1.20 bits per heavy atom. The Hall–Kier alpha value is -6.51. The van der Waals surface area contributed by atoms with Crippen molar-refractivity contribution in [1.82, 2.24) is 4.98 Å². The van der Waals surface area contributed by atoms with Crippen LogP contribution in [-0.4, -0.2) is 44.4 Å². The molecule has 5 aromatic carbocycles. The van der Waals surface area contributed by atoms with Crippen molar-refractivity contribution in [2.24, 2.45) is 21.8 Å². The number of benzene rings is 5. The van der Waals surface area contributed by atoms with Crippen molar-refractivity contribution in [2.75, 3.05) is 7.11 Å². The monoisotopic (exact) mass is 807 g/mol. The third-order valence-corrected chi connectivity index (χ3v) is 8.80. The topological polar surface area (TPSA) is 180 Å². The van der Waals surface area contributed by atoms with Crippen LogP contribution in [0.5, 0.6) is 17.4 Å². The molecule has 0 aliphatic carbocycles. The van der Waals surface area contributed by atoms with E-state index >= 15 is 0 Å². The first-order valence-corrected chi connectivity index (χ1v) is 16.9. The first-order valence-electron chi connectivity index (χ1n) is 16.2. The van der Waals surface area contributed by atoms with Crippen molar-refractivity contribution in [2.45, 2.75) is 13.1 Å². The quantitative estimate of drug-likeness (QED) is 0.0230. The molecule has 56 heavy (non-hydrogen) atoms. The van der Waals surface area contributed by atoms with Crippen LogP contribution >= 0.6 is 23.2 Å². The number of amidine groups is 2. The molecule has 0 atom stereocenters. The van der Waals surface area contributed by atoms with Gasteiger partial charge in [-0.2, -0.15) is 13.2 Å². The molecule has 288 valence electrons. The zero-order valence-electron chi connectivity index (χ0n) is 29.3. The number of hydrogen-bond donors (Lipinski definition) is 6. The lowest BCUT2D eigenvalue weighted by Crippen LogP contribution is -2.17. The van der Waals surface area contributed by atoms with Crippen molar-refractivity contribution in [3.8, 4) is 61.9 Å². The highest BCUT2D eigenvalue weighted by Crippen LogP contribution is 2.43. The lowest BCUT2D eigenvalue weighted by Gasteiger charge is -2.19. The van der Waals surface area contributed by atoms with Gasteiger partial charge in [0.15, 0.2) is 11.7 Å². The van der Waals surface area contributed by atoms with Crippen LogP contribution < -0.4 is 16.2 Å². The van der Waals surface area contributed by atoms with Gasteiger partial charge in [-0.1, -0.05) is 69.4 Å². The van der Waals surface area contributed by atoms with Crippen molar-refractivity contribution in [1.29, 1.82) is 0 Å². The number of pyridine rings is 1. The molecule has 0 aliphatic heterocycles. The van der Waals surface area contributed by atoms with Gasteiger partial charge in [-0.3, -0.25) is 0 Å². The van der Waals surface area contributed by atoms with Gasteiger partial charge >= 0.3 is 6.18 Å². The number of oxime groups is 2. The molecule has 0 fully saturated rings. The highest BCUT2D eigenvalue weighted by molar-refractivity contribution is 6.32. The molecule has 6 aromatic rings. The molecule has 0 aliphatic rings. The number of rotatable bonds is 7. The largest absolute Gasteiger partial charge is 0.508 e. The zero-order valence-corrected chi connectivity index (χ0v) is 30.8. The van der Waals surface area contributed by atoms with E-state index in [2.05, 4.69) is 15.3 Å². The van der Waals surface area contributed by atoms with Crippen LogP contribution in [-0.2, 0) is 6.18 Å². The van der Waals surface area contributed by atoms with Gasteiger partial charge in [0, 0.05) is 38.4 Å². The molecule has 8 N–H and O–H groups in total. The number of nitrogens with zero attached hydrogens (tertiary/aromatic N) is 3. The van der Waals surface area contributed by atoms with Gasteiger partial charge in [-0.25, -0.2) is 9.37 Å². The van der Waals surface area contributed by atoms with Gasteiger partial charge in [-0.05, 0) is 102 Å². The second-order valence-electron chi connectivity index (χ2n) is 12.1. The van der Waals surface area contributed by atoms with E-state index in [1.165, 1.54) is 49.6 Å². The molecule has 0 saturated carbocycles. The summed E-state index contributed by atoms with van der Waals surface area (Å²) in [5.41, 5.74) is 14.3. The molecule has 0 spiro atoms. The van der Waals surface area contributed by atoms with E-state index in [9.17, 15) is 33.0 Å². The van der Waals surface area contributed by atoms with E-state index in [0.717, 1.165) is 17.7 Å². The summed E-state index contributed by atoms with van der Waals surface area (Å²) in [5, 5.41) is 44.1. The van der Waals surface area contributed by atoms with Gasteiger partial charge in [0.05, 0.1) is 12.7 Å². The molecular formula is C40H31Cl2F4N5O5. The molecule has 16 heteroatoms. The van der Waals surface area contributed by atoms with E-state index in [4.69, 9.17) is 44.6 Å². The molecule has 1 heterocycles. The number of ether oxygens (including phenoxy) is 1. The normalized spacial score (nSPS) is 11.9. The summed E-state index contributed by atoms with van der Waals surface area (Å²) in [7, 11) is 1.47. The molecule has 0 bridgehead atoms. The van der Waals surface area contributed by atoms with E-state index in [0.29, 0.717) is 32.8 Å². The van der Waals surface area contributed by atoms with Crippen LogP contribution in [0.1, 0.15) is 22.3 Å². The maximum absolute atomic E-state index is 14.7. The second kappa shape index (κ2) is 16.9. The van der Waals surface area contributed by atoms with Crippen molar-refractivity contribution in [3.63, 3.8) is 0 Å². The number of hydrogen-bond acceptors (Lipinski definition) is 8. The summed E-state index contributed by atoms with van der Waals surface area (Å²) in [5.74, 6) is -1.07. The van der Waals surface area contributed by atoms with Crippen molar-refractivity contribution >= 4 is 34.9 Å². The average Bonchev–Trinajstić information content (AvgIpc) is 3.18. The van der Waals surface area contributed by atoms with Crippen molar-refractivity contribution < 1.29 is 42.9 Å². The van der Waals surface area contributed by atoms with E-state index in [-0.39, 0.29) is 56.2 Å². The SMILES string of the molecule is COc1nc(Cl)ccc1-c1c(C(N)=NO)cc(Cl)cc1-c1ccc(O)cc1.Cc1ccc(F)c(-c2c(C(N)=NO)cc(C(F)(F)F)cc2-c2ccc(O)cc2)c1. The Kier molecular flexibility index (Phi) is 12.3. The molecule has 1 aromatic heterocycles. The third kappa shape index (κ3) is 8.88. The number of nitrogens with two attached hydrogens (primary N) is 2. The Labute approximate surface area is 327 Å². The van der Waals surface area contributed by atoms with E-state index in [1.807, 2.05) is 0 Å². The predicted molar refractivity (Wildman–Crippen MR) is 207 cm³/mol. The number of aromatic hydroxyl groups is 2. The summed E-state index contributed by atoms with van der Waals surface area (Å²) in [4.78, 5) is 4.19. The number of methoxy groups -OCH3 is 1. The Balaban J connectivity index is 0.000000215. The fraction of sp³-hybridized carbons (Fsp3) is 0.0750. The third-order valence-electron chi connectivity index (χ3n) is 8.37. The lowest BCUT2D eigenvalue weighted by molar-refractivity contribution is -0.137.